The lowest BCUT2D eigenvalue weighted by atomic mass is 9.93. The Balaban J connectivity index is 1.70. The zero-order chi connectivity index (χ0) is 20.1. The standard InChI is InChI=1S/C18H25IN6O3/c1-4-27-14(26)9-28-13-7-5-12(6-8-13)25-18-15(16(19)23-25)17(20-10-21-18)22-11-24(2)3/h10-13H,4-9H2,1-3H3/t12-,13-. The van der Waals surface area contributed by atoms with Crippen molar-refractivity contribution in [3.63, 3.8) is 0 Å². The van der Waals surface area contributed by atoms with E-state index in [1.807, 2.05) is 23.7 Å². The predicted molar refractivity (Wildman–Crippen MR) is 114 cm³/mol. The van der Waals surface area contributed by atoms with Crippen molar-refractivity contribution in [1.82, 2.24) is 24.6 Å². The minimum atomic E-state index is -0.306. The number of halogens is 1. The van der Waals surface area contributed by atoms with Crippen LogP contribution in [0.1, 0.15) is 38.6 Å². The van der Waals surface area contributed by atoms with Gasteiger partial charge >= 0.3 is 5.97 Å². The Kier molecular flexibility index (Phi) is 7.16. The average Bonchev–Trinajstić information content (AvgIpc) is 3.03. The van der Waals surface area contributed by atoms with Gasteiger partial charge in [-0.05, 0) is 55.2 Å². The second-order valence-electron chi connectivity index (χ2n) is 6.89. The highest BCUT2D eigenvalue weighted by molar-refractivity contribution is 14.1. The monoisotopic (exact) mass is 500 g/mol. The van der Waals surface area contributed by atoms with Crippen LogP contribution in [0.15, 0.2) is 11.3 Å². The molecule has 28 heavy (non-hydrogen) atoms. The van der Waals surface area contributed by atoms with Crippen molar-refractivity contribution in [3.05, 3.63) is 10.0 Å². The van der Waals surface area contributed by atoms with Gasteiger partial charge in [-0.3, -0.25) is 0 Å². The SMILES string of the molecule is CCOC(=O)CO[C@H]1CC[C@H](n2nc(I)c3c(N=CN(C)C)ncnc32)CC1. The maximum absolute atomic E-state index is 11.5. The molecule has 2 aromatic heterocycles. The summed E-state index contributed by atoms with van der Waals surface area (Å²) >= 11 is 2.21. The molecule has 0 aromatic carbocycles. The van der Waals surface area contributed by atoms with Gasteiger partial charge in [0, 0.05) is 14.1 Å². The summed E-state index contributed by atoms with van der Waals surface area (Å²) < 4.78 is 13.4. The van der Waals surface area contributed by atoms with Gasteiger partial charge in [-0.15, -0.1) is 0 Å². The van der Waals surface area contributed by atoms with E-state index in [0.29, 0.717) is 12.4 Å². The van der Waals surface area contributed by atoms with E-state index in [-0.39, 0.29) is 24.7 Å². The minimum absolute atomic E-state index is 0.0201. The summed E-state index contributed by atoms with van der Waals surface area (Å²) in [5.74, 6) is 0.320. The minimum Gasteiger partial charge on any atom is -0.464 e. The molecule has 2 aromatic rings. The third-order valence-corrected chi connectivity index (χ3v) is 5.32. The van der Waals surface area contributed by atoms with Crippen LogP contribution < -0.4 is 0 Å². The molecule has 3 rings (SSSR count). The number of esters is 1. The summed E-state index contributed by atoms with van der Waals surface area (Å²) in [6.45, 7) is 2.19. The molecular weight excluding hydrogens is 475 g/mol. The topological polar surface area (TPSA) is 94.7 Å². The number of ether oxygens (including phenoxy) is 2. The zero-order valence-electron chi connectivity index (χ0n) is 16.3. The molecule has 152 valence electrons. The van der Waals surface area contributed by atoms with Gasteiger partial charge in [0.05, 0.1) is 30.5 Å². The number of aromatic nitrogens is 4. The fraction of sp³-hybridized carbons (Fsp3) is 0.611. The predicted octanol–water partition coefficient (Wildman–Crippen LogP) is 2.72. The van der Waals surface area contributed by atoms with Crippen molar-refractivity contribution in [2.45, 2.75) is 44.8 Å². The summed E-state index contributed by atoms with van der Waals surface area (Å²) in [5, 5.41) is 5.60. The van der Waals surface area contributed by atoms with Crippen LogP contribution in [0.5, 0.6) is 0 Å². The van der Waals surface area contributed by atoms with Crippen molar-refractivity contribution >= 4 is 51.7 Å². The second-order valence-corrected chi connectivity index (χ2v) is 7.91. The van der Waals surface area contributed by atoms with E-state index in [4.69, 9.17) is 14.6 Å². The van der Waals surface area contributed by atoms with Crippen molar-refractivity contribution in [3.8, 4) is 0 Å². The molecule has 0 aliphatic heterocycles. The number of rotatable bonds is 7. The van der Waals surface area contributed by atoms with Crippen molar-refractivity contribution < 1.29 is 14.3 Å². The first-order valence-corrected chi connectivity index (χ1v) is 10.4. The summed E-state index contributed by atoms with van der Waals surface area (Å²) in [4.78, 5) is 26.5. The highest BCUT2D eigenvalue weighted by Crippen LogP contribution is 2.34. The molecule has 0 spiro atoms. The summed E-state index contributed by atoms with van der Waals surface area (Å²) in [6.07, 6.45) is 6.92. The van der Waals surface area contributed by atoms with E-state index in [2.05, 4.69) is 37.6 Å². The molecule has 0 unspecified atom stereocenters. The Bertz CT molecular complexity index is 845. The molecule has 0 amide bonds. The van der Waals surface area contributed by atoms with E-state index in [0.717, 1.165) is 40.4 Å². The van der Waals surface area contributed by atoms with E-state index in [9.17, 15) is 4.79 Å². The van der Waals surface area contributed by atoms with Crippen molar-refractivity contribution in [2.24, 2.45) is 4.99 Å². The van der Waals surface area contributed by atoms with Crippen LogP contribution in [0.4, 0.5) is 5.82 Å². The number of nitrogens with zero attached hydrogens (tertiary/aromatic N) is 6. The lowest BCUT2D eigenvalue weighted by molar-refractivity contribution is -0.151. The normalized spacial score (nSPS) is 20.0. The molecule has 0 saturated heterocycles. The number of hydrogen-bond acceptors (Lipinski definition) is 7. The van der Waals surface area contributed by atoms with Gasteiger partial charge < -0.3 is 14.4 Å². The third-order valence-electron chi connectivity index (χ3n) is 4.57. The summed E-state index contributed by atoms with van der Waals surface area (Å²) in [5.41, 5.74) is 0.807. The second kappa shape index (κ2) is 9.59. The van der Waals surface area contributed by atoms with Gasteiger partial charge in [-0.25, -0.2) is 24.4 Å². The first-order valence-electron chi connectivity index (χ1n) is 9.36. The number of aliphatic imine (C=N–C) groups is 1. The average molecular weight is 500 g/mol. The quantitative estimate of drug-likeness (QED) is 0.250. The fourth-order valence-corrected chi connectivity index (χ4v) is 4.00. The molecule has 0 radical (unpaired) electrons. The molecule has 10 heteroatoms. The molecule has 2 heterocycles. The van der Waals surface area contributed by atoms with Crippen molar-refractivity contribution in [1.29, 1.82) is 0 Å². The Labute approximate surface area is 177 Å². The maximum Gasteiger partial charge on any atom is 0.332 e. The Morgan fingerprint density at radius 1 is 1.36 bits per heavy atom. The molecule has 0 atom stereocenters. The molecular formula is C18H25IN6O3. The van der Waals surface area contributed by atoms with Crippen LogP contribution in [0.2, 0.25) is 0 Å². The Morgan fingerprint density at radius 3 is 2.79 bits per heavy atom. The van der Waals surface area contributed by atoms with Gasteiger partial charge in [0.1, 0.15) is 16.6 Å². The summed E-state index contributed by atoms with van der Waals surface area (Å²) in [6, 6.07) is 0.244. The summed E-state index contributed by atoms with van der Waals surface area (Å²) in [7, 11) is 3.83. The van der Waals surface area contributed by atoms with Gasteiger partial charge in [0.15, 0.2) is 11.5 Å². The van der Waals surface area contributed by atoms with Crippen LogP contribution in [-0.2, 0) is 14.3 Å². The van der Waals surface area contributed by atoms with Crippen LogP contribution in [-0.4, -0.2) is 70.4 Å². The van der Waals surface area contributed by atoms with Gasteiger partial charge in [0.25, 0.3) is 0 Å². The number of carbonyl (C=O) groups excluding carboxylic acids is 1. The Morgan fingerprint density at radius 2 is 2.11 bits per heavy atom. The van der Waals surface area contributed by atoms with Crippen LogP contribution >= 0.6 is 22.6 Å². The first-order chi connectivity index (χ1) is 13.5. The molecule has 0 N–H and O–H groups in total. The van der Waals surface area contributed by atoms with E-state index in [1.54, 1.807) is 13.3 Å². The highest BCUT2D eigenvalue weighted by atomic mass is 127. The van der Waals surface area contributed by atoms with Crippen LogP contribution in [0.3, 0.4) is 0 Å². The lowest BCUT2D eigenvalue weighted by Crippen LogP contribution is -2.26. The molecule has 1 aliphatic carbocycles. The fourth-order valence-electron chi connectivity index (χ4n) is 3.29. The largest absolute Gasteiger partial charge is 0.464 e. The van der Waals surface area contributed by atoms with E-state index < -0.39 is 0 Å². The van der Waals surface area contributed by atoms with Gasteiger partial charge in [-0.2, -0.15) is 5.10 Å². The maximum atomic E-state index is 11.5. The highest BCUT2D eigenvalue weighted by Gasteiger charge is 2.27. The van der Waals surface area contributed by atoms with Crippen molar-refractivity contribution in [2.75, 3.05) is 27.3 Å². The van der Waals surface area contributed by atoms with E-state index >= 15 is 0 Å². The Hall–Kier alpha value is -1.82. The number of carbonyl (C=O) groups is 1. The molecule has 1 saturated carbocycles. The van der Waals surface area contributed by atoms with Gasteiger partial charge in [-0.1, -0.05) is 0 Å². The lowest BCUT2D eigenvalue weighted by Gasteiger charge is -2.28. The number of fused-ring (bicyclic) bond motifs is 1. The first kappa shape index (κ1) is 20.9. The van der Waals surface area contributed by atoms with Gasteiger partial charge in [0.2, 0.25) is 0 Å². The molecule has 0 bridgehead atoms. The van der Waals surface area contributed by atoms with E-state index in [1.165, 1.54) is 6.33 Å². The molecule has 9 nitrogen and oxygen atoms in total. The van der Waals surface area contributed by atoms with Crippen LogP contribution in [0, 0.1) is 3.70 Å². The number of hydrogen-bond donors (Lipinski definition) is 0. The molecule has 1 fully saturated rings. The third kappa shape index (κ3) is 4.96. The molecule has 1 aliphatic rings. The van der Waals surface area contributed by atoms with Crippen LogP contribution in [0.25, 0.3) is 11.0 Å². The smallest absolute Gasteiger partial charge is 0.332 e. The zero-order valence-corrected chi connectivity index (χ0v) is 18.5.